The van der Waals surface area contributed by atoms with Crippen LogP contribution in [0.2, 0.25) is 0 Å². The average molecular weight is 305 g/mol. The molecule has 0 aliphatic heterocycles. The largest absolute Gasteiger partial charge is 0.463 e. The Morgan fingerprint density at radius 3 is 2.09 bits per heavy atom. The van der Waals surface area contributed by atoms with Crippen LogP contribution in [0.15, 0.2) is 30.4 Å². The van der Waals surface area contributed by atoms with Crippen molar-refractivity contribution in [1.29, 1.82) is 0 Å². The molecule has 0 heterocycles. The SMILES string of the molecule is CCOC(=O)C=CC(=O)OCC(=O)Nc1cc(C)cc(C)c1. The standard InChI is InChI=1S/C16H19NO5/c1-4-21-15(19)5-6-16(20)22-10-14(18)17-13-8-11(2)7-12(3)9-13/h5-9H,4,10H2,1-3H3,(H,17,18). The maximum absolute atomic E-state index is 11.7. The fourth-order valence-corrected chi connectivity index (χ4v) is 1.76. The fraction of sp³-hybridized carbons (Fsp3) is 0.312. The first kappa shape index (κ1) is 17.4. The number of carbonyl (C=O) groups is 3. The molecule has 1 N–H and O–H groups in total. The molecule has 1 aromatic rings. The van der Waals surface area contributed by atoms with E-state index in [9.17, 15) is 14.4 Å². The Balaban J connectivity index is 2.42. The van der Waals surface area contributed by atoms with Gasteiger partial charge in [-0.15, -0.1) is 0 Å². The third-order valence-corrected chi connectivity index (χ3v) is 2.49. The molecule has 1 rings (SSSR count). The summed E-state index contributed by atoms with van der Waals surface area (Å²) in [7, 11) is 0. The van der Waals surface area contributed by atoms with E-state index in [1.165, 1.54) is 0 Å². The molecule has 0 fully saturated rings. The van der Waals surface area contributed by atoms with Crippen LogP contribution in [0, 0.1) is 13.8 Å². The van der Waals surface area contributed by atoms with E-state index in [2.05, 4.69) is 10.1 Å². The van der Waals surface area contributed by atoms with Crippen molar-refractivity contribution in [2.45, 2.75) is 20.8 Å². The van der Waals surface area contributed by atoms with Crippen molar-refractivity contribution in [3.63, 3.8) is 0 Å². The Bertz CT molecular complexity index is 572. The Labute approximate surface area is 129 Å². The monoisotopic (exact) mass is 305 g/mol. The average Bonchev–Trinajstić information content (AvgIpc) is 2.42. The number of nitrogens with one attached hydrogen (secondary N) is 1. The zero-order chi connectivity index (χ0) is 16.5. The van der Waals surface area contributed by atoms with E-state index in [4.69, 9.17) is 4.74 Å². The highest BCUT2D eigenvalue weighted by Crippen LogP contribution is 2.13. The number of rotatable bonds is 6. The van der Waals surface area contributed by atoms with Gasteiger partial charge < -0.3 is 14.8 Å². The first-order valence-electron chi connectivity index (χ1n) is 6.80. The molecule has 1 aromatic carbocycles. The molecule has 0 saturated carbocycles. The first-order valence-corrected chi connectivity index (χ1v) is 6.80. The van der Waals surface area contributed by atoms with Crippen molar-refractivity contribution in [2.24, 2.45) is 0 Å². The van der Waals surface area contributed by atoms with Crippen molar-refractivity contribution >= 4 is 23.5 Å². The lowest BCUT2D eigenvalue weighted by molar-refractivity contribution is -0.143. The predicted molar refractivity (Wildman–Crippen MR) is 81.3 cm³/mol. The number of benzene rings is 1. The van der Waals surface area contributed by atoms with Crippen LogP contribution in [0.3, 0.4) is 0 Å². The van der Waals surface area contributed by atoms with Crippen LogP contribution in [-0.2, 0) is 23.9 Å². The van der Waals surface area contributed by atoms with E-state index in [0.29, 0.717) is 5.69 Å². The van der Waals surface area contributed by atoms with E-state index in [0.717, 1.165) is 23.3 Å². The van der Waals surface area contributed by atoms with Crippen molar-refractivity contribution in [2.75, 3.05) is 18.5 Å². The number of hydrogen-bond acceptors (Lipinski definition) is 5. The van der Waals surface area contributed by atoms with Gasteiger partial charge in [0.2, 0.25) is 0 Å². The number of anilines is 1. The maximum Gasteiger partial charge on any atom is 0.331 e. The van der Waals surface area contributed by atoms with E-state index >= 15 is 0 Å². The number of ether oxygens (including phenoxy) is 2. The van der Waals surface area contributed by atoms with Gasteiger partial charge in [0.25, 0.3) is 5.91 Å². The Morgan fingerprint density at radius 1 is 1.00 bits per heavy atom. The van der Waals surface area contributed by atoms with Crippen LogP contribution in [0.4, 0.5) is 5.69 Å². The summed E-state index contributed by atoms with van der Waals surface area (Å²) in [6, 6.07) is 5.61. The quantitative estimate of drug-likeness (QED) is 0.641. The Kier molecular flexibility index (Phi) is 6.82. The first-order chi connectivity index (χ1) is 10.4. The summed E-state index contributed by atoms with van der Waals surface area (Å²) in [6.45, 7) is 5.28. The summed E-state index contributed by atoms with van der Waals surface area (Å²) in [5.41, 5.74) is 2.68. The number of hydrogen-bond donors (Lipinski definition) is 1. The van der Waals surface area contributed by atoms with Crippen LogP contribution in [-0.4, -0.2) is 31.1 Å². The molecule has 6 nitrogen and oxygen atoms in total. The zero-order valence-corrected chi connectivity index (χ0v) is 12.8. The fourth-order valence-electron chi connectivity index (χ4n) is 1.76. The highest BCUT2D eigenvalue weighted by atomic mass is 16.5. The molecule has 0 bridgehead atoms. The van der Waals surface area contributed by atoms with Crippen LogP contribution in [0.5, 0.6) is 0 Å². The van der Waals surface area contributed by atoms with Crippen molar-refractivity contribution in [3.05, 3.63) is 41.5 Å². The van der Waals surface area contributed by atoms with Gasteiger partial charge in [-0.1, -0.05) is 6.07 Å². The number of esters is 2. The van der Waals surface area contributed by atoms with Gasteiger partial charge in [-0.25, -0.2) is 9.59 Å². The highest BCUT2D eigenvalue weighted by molar-refractivity contribution is 5.95. The van der Waals surface area contributed by atoms with Crippen LogP contribution < -0.4 is 5.32 Å². The minimum Gasteiger partial charge on any atom is -0.463 e. The Hall–Kier alpha value is -2.63. The van der Waals surface area contributed by atoms with Crippen LogP contribution in [0.1, 0.15) is 18.1 Å². The summed E-state index contributed by atoms with van der Waals surface area (Å²) in [5, 5.41) is 2.63. The third kappa shape index (κ3) is 6.69. The van der Waals surface area contributed by atoms with E-state index < -0.39 is 24.5 Å². The van der Waals surface area contributed by atoms with Crippen LogP contribution >= 0.6 is 0 Å². The molecule has 0 saturated heterocycles. The summed E-state index contributed by atoms with van der Waals surface area (Å²) < 4.78 is 9.33. The molecule has 0 spiro atoms. The predicted octanol–water partition coefficient (Wildman–Crippen LogP) is 1.90. The summed E-state index contributed by atoms with van der Waals surface area (Å²) in [4.78, 5) is 34.0. The van der Waals surface area contributed by atoms with Gasteiger partial charge in [0.15, 0.2) is 6.61 Å². The maximum atomic E-state index is 11.7. The van der Waals surface area contributed by atoms with Gasteiger partial charge in [-0.05, 0) is 44.0 Å². The number of aryl methyl sites for hydroxylation is 2. The van der Waals surface area contributed by atoms with Gasteiger partial charge in [-0.2, -0.15) is 0 Å². The molecule has 0 atom stereocenters. The van der Waals surface area contributed by atoms with Gasteiger partial charge in [0.1, 0.15) is 0 Å². The molecule has 6 heteroatoms. The Morgan fingerprint density at radius 2 is 1.55 bits per heavy atom. The molecule has 0 radical (unpaired) electrons. The van der Waals surface area contributed by atoms with Gasteiger partial charge >= 0.3 is 11.9 Å². The van der Waals surface area contributed by atoms with Crippen LogP contribution in [0.25, 0.3) is 0 Å². The van der Waals surface area contributed by atoms with E-state index in [-0.39, 0.29) is 6.61 Å². The van der Waals surface area contributed by atoms with E-state index in [1.807, 2.05) is 32.0 Å². The highest BCUT2D eigenvalue weighted by Gasteiger charge is 2.07. The van der Waals surface area contributed by atoms with Gasteiger partial charge in [-0.3, -0.25) is 4.79 Å². The lowest BCUT2D eigenvalue weighted by atomic mass is 10.1. The normalized spacial score (nSPS) is 10.3. The molecular formula is C16H19NO5. The van der Waals surface area contributed by atoms with Crippen molar-refractivity contribution in [1.82, 2.24) is 0 Å². The minimum absolute atomic E-state index is 0.219. The number of amides is 1. The summed E-state index contributed by atoms with van der Waals surface area (Å²) >= 11 is 0. The summed E-state index contributed by atoms with van der Waals surface area (Å²) in [6.07, 6.45) is 1.87. The van der Waals surface area contributed by atoms with Crippen molar-refractivity contribution in [3.8, 4) is 0 Å². The molecule has 0 aliphatic carbocycles. The molecule has 0 unspecified atom stereocenters. The topological polar surface area (TPSA) is 81.7 Å². The van der Waals surface area contributed by atoms with Crippen molar-refractivity contribution < 1.29 is 23.9 Å². The lowest BCUT2D eigenvalue weighted by Gasteiger charge is -2.07. The zero-order valence-electron chi connectivity index (χ0n) is 12.8. The number of carbonyl (C=O) groups excluding carboxylic acids is 3. The second-order valence-corrected chi connectivity index (χ2v) is 4.62. The second-order valence-electron chi connectivity index (χ2n) is 4.62. The molecule has 0 aliphatic rings. The van der Waals surface area contributed by atoms with Gasteiger partial charge in [0, 0.05) is 17.8 Å². The molecular weight excluding hydrogens is 286 g/mol. The van der Waals surface area contributed by atoms with E-state index in [1.54, 1.807) is 6.92 Å². The van der Waals surface area contributed by atoms with Gasteiger partial charge in [0.05, 0.1) is 6.61 Å². The summed E-state index contributed by atoms with van der Waals surface area (Å²) in [5.74, 6) is -1.88. The third-order valence-electron chi connectivity index (χ3n) is 2.49. The molecule has 22 heavy (non-hydrogen) atoms. The molecule has 1 amide bonds. The second kappa shape index (κ2) is 8.61. The smallest absolute Gasteiger partial charge is 0.331 e. The molecule has 0 aromatic heterocycles. The minimum atomic E-state index is -0.788. The lowest BCUT2D eigenvalue weighted by Crippen LogP contribution is -2.20. The molecule has 118 valence electrons.